The predicted octanol–water partition coefficient (Wildman–Crippen LogP) is 1.85. The third-order valence-corrected chi connectivity index (χ3v) is 5.91. The molecular formula is C16H18N2O3S. The zero-order chi connectivity index (χ0) is 16.0. The van der Waals surface area contributed by atoms with E-state index in [0.717, 1.165) is 16.6 Å². The van der Waals surface area contributed by atoms with Crippen LogP contribution in [0, 0.1) is 6.92 Å². The topological polar surface area (TPSA) is 76.1 Å². The van der Waals surface area contributed by atoms with Crippen molar-refractivity contribution < 1.29 is 13.2 Å². The predicted molar refractivity (Wildman–Crippen MR) is 85.6 cm³/mol. The average molecular weight is 318 g/mol. The minimum atomic E-state index is -3.06. The summed E-state index contributed by atoms with van der Waals surface area (Å²) >= 11 is 0. The lowest BCUT2D eigenvalue weighted by Gasteiger charge is -2.24. The standard InChI is InChI=1S/C16H18N2O3S/c1-11-9-13(12-5-3-4-6-14(12)17-11)15(19)18-16(2)7-8-22(20,21)10-16/h3-6,9H,7-8,10H2,1-2H3,(H,18,19). The maximum atomic E-state index is 12.6. The van der Waals surface area contributed by atoms with Gasteiger partial charge in [0.15, 0.2) is 9.84 Å². The molecule has 6 heteroatoms. The molecule has 3 rings (SSSR count). The normalized spacial score (nSPS) is 23.5. The zero-order valence-corrected chi connectivity index (χ0v) is 13.4. The first-order chi connectivity index (χ1) is 10.3. The Morgan fingerprint density at radius 3 is 2.73 bits per heavy atom. The first kappa shape index (κ1) is 15.0. The van der Waals surface area contributed by atoms with Crippen molar-refractivity contribution in [2.75, 3.05) is 11.5 Å². The van der Waals surface area contributed by atoms with E-state index in [9.17, 15) is 13.2 Å². The van der Waals surface area contributed by atoms with Crippen molar-refractivity contribution in [1.82, 2.24) is 10.3 Å². The Balaban J connectivity index is 1.96. The highest BCUT2D eigenvalue weighted by molar-refractivity contribution is 7.91. The van der Waals surface area contributed by atoms with Crippen LogP contribution in [0.2, 0.25) is 0 Å². The maximum Gasteiger partial charge on any atom is 0.252 e. The van der Waals surface area contributed by atoms with Crippen LogP contribution < -0.4 is 5.32 Å². The van der Waals surface area contributed by atoms with Crippen LogP contribution >= 0.6 is 0 Å². The summed E-state index contributed by atoms with van der Waals surface area (Å²) in [5.74, 6) is -0.130. The molecule has 0 aliphatic carbocycles. The van der Waals surface area contributed by atoms with Crippen LogP contribution in [-0.2, 0) is 9.84 Å². The van der Waals surface area contributed by atoms with Crippen LogP contribution in [0.3, 0.4) is 0 Å². The van der Waals surface area contributed by atoms with Gasteiger partial charge in [-0.3, -0.25) is 9.78 Å². The number of hydrogen-bond acceptors (Lipinski definition) is 4. The second-order valence-electron chi connectivity index (χ2n) is 6.19. The van der Waals surface area contributed by atoms with E-state index in [4.69, 9.17) is 0 Å². The molecule has 1 amide bonds. The molecule has 0 saturated carbocycles. The van der Waals surface area contributed by atoms with Gasteiger partial charge in [-0.25, -0.2) is 8.42 Å². The maximum absolute atomic E-state index is 12.6. The van der Waals surface area contributed by atoms with E-state index in [1.54, 1.807) is 13.0 Å². The van der Waals surface area contributed by atoms with Crippen molar-refractivity contribution in [3.63, 3.8) is 0 Å². The van der Waals surface area contributed by atoms with E-state index in [1.807, 2.05) is 31.2 Å². The number of carbonyl (C=O) groups is 1. The molecule has 1 atom stereocenters. The van der Waals surface area contributed by atoms with E-state index in [2.05, 4.69) is 10.3 Å². The van der Waals surface area contributed by atoms with Crippen LogP contribution in [0.5, 0.6) is 0 Å². The van der Waals surface area contributed by atoms with E-state index in [-0.39, 0.29) is 17.4 Å². The first-order valence-electron chi connectivity index (χ1n) is 7.17. The molecule has 2 aromatic rings. The number of pyridine rings is 1. The van der Waals surface area contributed by atoms with Gasteiger partial charge in [-0.2, -0.15) is 0 Å². The van der Waals surface area contributed by atoms with E-state index >= 15 is 0 Å². The van der Waals surface area contributed by atoms with Gasteiger partial charge in [0.25, 0.3) is 5.91 Å². The number of nitrogens with one attached hydrogen (secondary N) is 1. The molecule has 0 spiro atoms. The summed E-state index contributed by atoms with van der Waals surface area (Å²) in [4.78, 5) is 17.1. The Morgan fingerprint density at radius 2 is 2.05 bits per heavy atom. The molecule has 1 fully saturated rings. The number of nitrogens with zero attached hydrogens (tertiary/aromatic N) is 1. The molecule has 1 aliphatic rings. The SMILES string of the molecule is Cc1cc(C(=O)NC2(C)CCS(=O)(=O)C2)c2ccccc2n1. The zero-order valence-electron chi connectivity index (χ0n) is 12.6. The fraction of sp³-hybridized carbons (Fsp3) is 0.375. The number of aromatic nitrogens is 1. The summed E-state index contributed by atoms with van der Waals surface area (Å²) in [6.07, 6.45) is 0.447. The fourth-order valence-electron chi connectivity index (χ4n) is 2.95. The summed E-state index contributed by atoms with van der Waals surface area (Å²) in [7, 11) is -3.06. The number of carbonyl (C=O) groups excluding carboxylic acids is 1. The van der Waals surface area contributed by atoms with E-state index in [0.29, 0.717) is 12.0 Å². The van der Waals surface area contributed by atoms with Crippen molar-refractivity contribution in [2.45, 2.75) is 25.8 Å². The largest absolute Gasteiger partial charge is 0.346 e. The molecule has 5 nitrogen and oxygen atoms in total. The second-order valence-corrected chi connectivity index (χ2v) is 8.37. The molecule has 1 saturated heterocycles. The van der Waals surface area contributed by atoms with Crippen molar-refractivity contribution in [1.29, 1.82) is 0 Å². The highest BCUT2D eigenvalue weighted by atomic mass is 32.2. The summed E-state index contributed by atoms with van der Waals surface area (Å²) in [6.45, 7) is 3.62. The number of para-hydroxylation sites is 1. The highest BCUT2D eigenvalue weighted by Gasteiger charge is 2.39. The Bertz CT molecular complexity index is 861. The van der Waals surface area contributed by atoms with Crippen LogP contribution in [0.15, 0.2) is 30.3 Å². The number of benzene rings is 1. The lowest BCUT2D eigenvalue weighted by molar-refractivity contribution is 0.0917. The van der Waals surface area contributed by atoms with Crippen molar-refractivity contribution in [3.05, 3.63) is 41.6 Å². The number of aryl methyl sites for hydroxylation is 1. The number of amides is 1. The molecule has 1 aromatic heterocycles. The van der Waals surface area contributed by atoms with Gasteiger partial charge >= 0.3 is 0 Å². The molecule has 22 heavy (non-hydrogen) atoms. The van der Waals surface area contributed by atoms with Gasteiger partial charge in [0.05, 0.1) is 28.1 Å². The molecule has 1 aromatic carbocycles. The highest BCUT2D eigenvalue weighted by Crippen LogP contribution is 2.25. The fourth-order valence-corrected chi connectivity index (χ4v) is 5.04. The van der Waals surface area contributed by atoms with E-state index < -0.39 is 15.4 Å². The lowest BCUT2D eigenvalue weighted by Crippen LogP contribution is -2.47. The van der Waals surface area contributed by atoms with Gasteiger partial charge in [-0.05, 0) is 32.4 Å². The van der Waals surface area contributed by atoms with Crippen LogP contribution in [-0.4, -0.2) is 36.4 Å². The third-order valence-electron chi connectivity index (χ3n) is 4.01. The summed E-state index contributed by atoms with van der Waals surface area (Å²) in [5.41, 5.74) is 1.35. The molecule has 1 aliphatic heterocycles. The Hall–Kier alpha value is -1.95. The quantitative estimate of drug-likeness (QED) is 0.917. The second kappa shape index (κ2) is 5.05. The monoisotopic (exact) mass is 318 g/mol. The molecule has 1 unspecified atom stereocenters. The molecule has 116 valence electrons. The van der Waals surface area contributed by atoms with Gasteiger partial charge in [-0.1, -0.05) is 18.2 Å². The van der Waals surface area contributed by atoms with Crippen molar-refractivity contribution in [2.24, 2.45) is 0 Å². The number of sulfone groups is 1. The first-order valence-corrected chi connectivity index (χ1v) is 9.00. The Morgan fingerprint density at radius 1 is 1.32 bits per heavy atom. The molecule has 1 N–H and O–H groups in total. The van der Waals surface area contributed by atoms with Gasteiger partial charge in [-0.15, -0.1) is 0 Å². The van der Waals surface area contributed by atoms with Crippen molar-refractivity contribution >= 4 is 26.6 Å². The summed E-state index contributed by atoms with van der Waals surface area (Å²) < 4.78 is 23.3. The minimum Gasteiger partial charge on any atom is -0.346 e. The Labute approximate surface area is 129 Å². The number of rotatable bonds is 2. The van der Waals surface area contributed by atoms with Gasteiger partial charge < -0.3 is 5.32 Å². The third kappa shape index (κ3) is 2.83. The van der Waals surface area contributed by atoms with E-state index in [1.165, 1.54) is 0 Å². The van der Waals surface area contributed by atoms with Crippen LogP contribution in [0.4, 0.5) is 0 Å². The van der Waals surface area contributed by atoms with Crippen molar-refractivity contribution in [3.8, 4) is 0 Å². The number of hydrogen-bond donors (Lipinski definition) is 1. The van der Waals surface area contributed by atoms with Crippen LogP contribution in [0.25, 0.3) is 10.9 Å². The average Bonchev–Trinajstić information content (AvgIpc) is 2.71. The lowest BCUT2D eigenvalue weighted by atomic mass is 10.00. The minimum absolute atomic E-state index is 0.00621. The Kier molecular flexibility index (Phi) is 3.44. The smallest absolute Gasteiger partial charge is 0.252 e. The molecule has 0 bridgehead atoms. The van der Waals surface area contributed by atoms with Crippen LogP contribution in [0.1, 0.15) is 29.4 Å². The van der Waals surface area contributed by atoms with Gasteiger partial charge in [0.2, 0.25) is 0 Å². The number of fused-ring (bicyclic) bond motifs is 1. The summed E-state index contributed by atoms with van der Waals surface area (Å²) in [6, 6.07) is 9.19. The van der Waals surface area contributed by atoms with Gasteiger partial charge in [0, 0.05) is 11.1 Å². The molecule has 2 heterocycles. The van der Waals surface area contributed by atoms with Gasteiger partial charge in [0.1, 0.15) is 0 Å². The molecule has 0 radical (unpaired) electrons. The summed E-state index contributed by atoms with van der Waals surface area (Å²) in [5, 5.41) is 3.67. The molecular weight excluding hydrogens is 300 g/mol.